The van der Waals surface area contributed by atoms with Crippen molar-refractivity contribution in [3.8, 4) is 0 Å². The van der Waals surface area contributed by atoms with Crippen LogP contribution >= 0.6 is 24.0 Å². The highest BCUT2D eigenvalue weighted by molar-refractivity contribution is 7.99. The number of hydrogen-bond acceptors (Lipinski definition) is 4. The lowest BCUT2D eigenvalue weighted by atomic mass is 10.2. The molecular weight excluding hydrogens is 260 g/mol. The zero-order chi connectivity index (χ0) is 12.8. The van der Waals surface area contributed by atoms with Gasteiger partial charge in [0.05, 0.1) is 22.1 Å². The summed E-state index contributed by atoms with van der Waals surface area (Å²) in [6.07, 6.45) is 1.71. The van der Waals surface area contributed by atoms with Gasteiger partial charge in [0, 0.05) is 5.25 Å². The molecule has 0 fully saturated rings. The summed E-state index contributed by atoms with van der Waals surface area (Å²) in [6, 6.07) is 14.2. The fourth-order valence-corrected chi connectivity index (χ4v) is 2.56. The molecule has 0 radical (unpaired) electrons. The maximum atomic E-state index is 4.55. The fourth-order valence-electron chi connectivity index (χ4n) is 1.53. The Morgan fingerprint density at radius 2 is 2.00 bits per heavy atom. The summed E-state index contributed by atoms with van der Waals surface area (Å²) < 4.78 is 0. The summed E-state index contributed by atoms with van der Waals surface area (Å²) >= 11 is 6.28. The van der Waals surface area contributed by atoms with Gasteiger partial charge in [-0.15, -0.1) is 0 Å². The van der Waals surface area contributed by atoms with Gasteiger partial charge in [-0.25, -0.2) is 4.98 Å². The van der Waals surface area contributed by atoms with Crippen molar-refractivity contribution in [1.82, 2.24) is 4.98 Å². The Balaban J connectivity index is 2.07. The van der Waals surface area contributed by atoms with Crippen molar-refractivity contribution in [3.63, 3.8) is 0 Å². The maximum Gasteiger partial charge on any atom is 0.0967 e. The molecule has 0 bridgehead atoms. The van der Waals surface area contributed by atoms with E-state index >= 15 is 0 Å². The second-order valence-corrected chi connectivity index (χ2v) is 5.27. The highest BCUT2D eigenvalue weighted by atomic mass is 32.2. The van der Waals surface area contributed by atoms with Gasteiger partial charge in [0.1, 0.15) is 0 Å². The first-order chi connectivity index (χ1) is 8.79. The summed E-state index contributed by atoms with van der Waals surface area (Å²) in [4.78, 5) is 8.22. The first-order valence-electron chi connectivity index (χ1n) is 5.55. The number of benzene rings is 1. The maximum absolute atomic E-state index is 4.55. The van der Waals surface area contributed by atoms with Crippen molar-refractivity contribution in [2.24, 2.45) is 4.99 Å². The number of hydrogen-bond donors (Lipinski definition) is 0. The Bertz CT molecular complexity index is 546. The van der Waals surface area contributed by atoms with Crippen molar-refractivity contribution in [1.29, 1.82) is 0 Å². The molecule has 0 saturated heterocycles. The van der Waals surface area contributed by atoms with Crippen molar-refractivity contribution in [3.05, 3.63) is 54.2 Å². The van der Waals surface area contributed by atoms with Crippen molar-refractivity contribution < 1.29 is 0 Å². The third-order valence-electron chi connectivity index (χ3n) is 2.46. The standard InChI is InChI=1S/C14H12N2S2/c1-11(12-5-3-2-4-6-12)18-14-8-7-13(9-15-14)16-10-17/h2-9,11H,1H3. The first-order valence-corrected chi connectivity index (χ1v) is 6.84. The van der Waals surface area contributed by atoms with E-state index in [1.54, 1.807) is 18.0 Å². The topological polar surface area (TPSA) is 25.2 Å². The largest absolute Gasteiger partial charge is 0.248 e. The van der Waals surface area contributed by atoms with Crippen LogP contribution in [0.25, 0.3) is 0 Å². The Kier molecular flexibility index (Phi) is 4.65. The number of isothiocyanates is 1. The van der Waals surface area contributed by atoms with E-state index in [1.807, 2.05) is 18.2 Å². The molecule has 1 aromatic heterocycles. The van der Waals surface area contributed by atoms with Gasteiger partial charge in [-0.05, 0) is 36.8 Å². The van der Waals surface area contributed by atoms with Gasteiger partial charge in [-0.1, -0.05) is 42.1 Å². The van der Waals surface area contributed by atoms with Gasteiger partial charge < -0.3 is 0 Å². The van der Waals surface area contributed by atoms with Crippen molar-refractivity contribution in [2.75, 3.05) is 0 Å². The van der Waals surface area contributed by atoms with E-state index in [0.717, 1.165) is 10.7 Å². The lowest BCUT2D eigenvalue weighted by Crippen LogP contribution is -1.88. The summed E-state index contributed by atoms with van der Waals surface area (Å²) in [7, 11) is 0. The highest BCUT2D eigenvalue weighted by Gasteiger charge is 2.07. The molecule has 1 aromatic carbocycles. The van der Waals surface area contributed by atoms with E-state index in [4.69, 9.17) is 0 Å². The third-order valence-corrected chi connectivity index (χ3v) is 3.66. The molecule has 0 spiro atoms. The molecule has 1 unspecified atom stereocenters. The monoisotopic (exact) mass is 272 g/mol. The molecule has 0 N–H and O–H groups in total. The number of rotatable bonds is 4. The molecule has 0 aliphatic rings. The Morgan fingerprint density at radius 3 is 2.61 bits per heavy atom. The van der Waals surface area contributed by atoms with Crippen LogP contribution in [0.4, 0.5) is 5.69 Å². The lowest BCUT2D eigenvalue weighted by molar-refractivity contribution is 1.06. The molecule has 4 heteroatoms. The molecule has 90 valence electrons. The highest BCUT2D eigenvalue weighted by Crippen LogP contribution is 2.33. The van der Waals surface area contributed by atoms with Crippen molar-refractivity contribution >= 4 is 34.8 Å². The van der Waals surface area contributed by atoms with Crippen molar-refractivity contribution in [2.45, 2.75) is 17.2 Å². The van der Waals surface area contributed by atoms with E-state index in [-0.39, 0.29) is 0 Å². The predicted molar refractivity (Wildman–Crippen MR) is 79.6 cm³/mol. The molecule has 2 nitrogen and oxygen atoms in total. The Morgan fingerprint density at radius 1 is 1.22 bits per heavy atom. The van der Waals surface area contributed by atoms with E-state index < -0.39 is 0 Å². The molecule has 2 aromatic rings. The quantitative estimate of drug-likeness (QED) is 0.459. The minimum Gasteiger partial charge on any atom is -0.248 e. The summed E-state index contributed by atoms with van der Waals surface area (Å²) in [6.45, 7) is 2.17. The Hall–Kier alpha value is -1.48. The summed E-state index contributed by atoms with van der Waals surface area (Å²) in [5.74, 6) is 0. The van der Waals surface area contributed by atoms with Gasteiger partial charge in [-0.3, -0.25) is 0 Å². The van der Waals surface area contributed by atoms with E-state index in [9.17, 15) is 0 Å². The second kappa shape index (κ2) is 6.45. The normalized spacial score (nSPS) is 11.6. The minimum absolute atomic E-state index is 0.374. The third kappa shape index (κ3) is 3.50. The summed E-state index contributed by atoms with van der Waals surface area (Å²) in [5, 5.41) is 3.69. The number of thioether (sulfide) groups is 1. The van der Waals surface area contributed by atoms with Gasteiger partial charge in [0.2, 0.25) is 0 Å². The fraction of sp³-hybridized carbons (Fsp3) is 0.143. The van der Waals surface area contributed by atoms with Crippen LogP contribution in [0.15, 0.2) is 58.7 Å². The van der Waals surface area contributed by atoms with E-state index in [2.05, 4.69) is 58.5 Å². The smallest absolute Gasteiger partial charge is 0.0967 e. The second-order valence-electron chi connectivity index (χ2n) is 3.73. The molecule has 0 amide bonds. The molecule has 2 rings (SSSR count). The Labute approximate surface area is 116 Å². The van der Waals surface area contributed by atoms with Crippen LogP contribution in [-0.2, 0) is 0 Å². The number of nitrogens with zero attached hydrogens (tertiary/aromatic N) is 2. The van der Waals surface area contributed by atoms with Crippen LogP contribution < -0.4 is 0 Å². The first kappa shape index (κ1) is 13.0. The van der Waals surface area contributed by atoms with Gasteiger partial charge >= 0.3 is 0 Å². The number of aliphatic imine (C=N–C) groups is 1. The molecule has 18 heavy (non-hydrogen) atoms. The SMILES string of the molecule is CC(Sc1ccc(N=C=S)cn1)c1ccccc1. The molecule has 0 aliphatic heterocycles. The van der Waals surface area contributed by atoms with Crippen LogP contribution in [0.2, 0.25) is 0 Å². The molecular formula is C14H12N2S2. The average molecular weight is 272 g/mol. The predicted octanol–water partition coefficient (Wildman–Crippen LogP) is 4.67. The van der Waals surface area contributed by atoms with Gasteiger partial charge in [0.25, 0.3) is 0 Å². The number of pyridine rings is 1. The van der Waals surface area contributed by atoms with Crippen LogP contribution in [0.3, 0.4) is 0 Å². The molecule has 0 saturated carbocycles. The zero-order valence-electron chi connectivity index (χ0n) is 9.91. The lowest BCUT2D eigenvalue weighted by Gasteiger charge is -2.10. The van der Waals surface area contributed by atoms with Crippen LogP contribution in [0, 0.1) is 0 Å². The number of aromatic nitrogens is 1. The molecule has 1 heterocycles. The molecule has 0 aliphatic carbocycles. The van der Waals surface area contributed by atoms with E-state index in [1.165, 1.54) is 5.56 Å². The van der Waals surface area contributed by atoms with E-state index in [0.29, 0.717) is 5.25 Å². The minimum atomic E-state index is 0.374. The molecule has 1 atom stereocenters. The summed E-state index contributed by atoms with van der Waals surface area (Å²) in [5.41, 5.74) is 2.03. The van der Waals surface area contributed by atoms with Crippen LogP contribution in [-0.4, -0.2) is 10.1 Å². The van der Waals surface area contributed by atoms with Crippen LogP contribution in [0.5, 0.6) is 0 Å². The average Bonchev–Trinajstić information content (AvgIpc) is 2.42. The van der Waals surface area contributed by atoms with Crippen LogP contribution in [0.1, 0.15) is 17.7 Å². The number of thiocarbonyl (C=S) groups is 1. The van der Waals surface area contributed by atoms with Gasteiger partial charge in [0.15, 0.2) is 0 Å². The zero-order valence-corrected chi connectivity index (χ0v) is 11.5. The van der Waals surface area contributed by atoms with Gasteiger partial charge in [-0.2, -0.15) is 4.99 Å².